The number of thiophene rings is 1. The van der Waals surface area contributed by atoms with Crippen molar-refractivity contribution in [1.82, 2.24) is 10.2 Å². The van der Waals surface area contributed by atoms with Crippen LogP contribution in [0, 0.1) is 0 Å². The van der Waals surface area contributed by atoms with Crippen molar-refractivity contribution in [2.75, 3.05) is 33.4 Å². The molecule has 0 saturated carbocycles. The highest BCUT2D eigenvalue weighted by Crippen LogP contribution is 2.22. The normalized spacial score (nSPS) is 21.8. The zero-order chi connectivity index (χ0) is 16.1. The van der Waals surface area contributed by atoms with Gasteiger partial charge in [-0.2, -0.15) is 0 Å². The molecule has 0 spiro atoms. The molecule has 1 aliphatic rings. The van der Waals surface area contributed by atoms with Gasteiger partial charge in [-0.05, 0) is 19.1 Å². The second kappa shape index (κ2) is 7.92. The number of ether oxygens (including phenoxy) is 2. The van der Waals surface area contributed by atoms with Gasteiger partial charge in [0.1, 0.15) is 0 Å². The quantitative estimate of drug-likeness (QED) is 0.788. The Morgan fingerprint density at radius 2 is 2.23 bits per heavy atom. The highest BCUT2D eigenvalue weighted by atomic mass is 35.5. The Bertz CT molecular complexity index is 537. The van der Waals surface area contributed by atoms with Crippen molar-refractivity contribution in [3.8, 4) is 0 Å². The fraction of sp³-hybridized carbons (Fsp3) is 0.571. The molecule has 0 aromatic carbocycles. The Morgan fingerprint density at radius 1 is 1.45 bits per heavy atom. The van der Waals surface area contributed by atoms with Crippen molar-refractivity contribution < 1.29 is 19.1 Å². The number of halogens is 1. The van der Waals surface area contributed by atoms with Crippen LogP contribution in [0.2, 0.25) is 4.34 Å². The summed E-state index contributed by atoms with van der Waals surface area (Å²) in [6.45, 7) is 3.45. The van der Waals surface area contributed by atoms with E-state index in [1.807, 2.05) is 4.90 Å². The number of rotatable bonds is 6. The zero-order valence-corrected chi connectivity index (χ0v) is 14.1. The van der Waals surface area contributed by atoms with Gasteiger partial charge in [-0.25, -0.2) is 0 Å². The Morgan fingerprint density at radius 3 is 2.82 bits per heavy atom. The third-order valence-electron chi connectivity index (χ3n) is 3.42. The van der Waals surface area contributed by atoms with Gasteiger partial charge in [-0.15, -0.1) is 11.3 Å². The minimum Gasteiger partial charge on any atom is -0.465 e. The molecular weight excluding hydrogens is 328 g/mol. The Hall–Kier alpha value is -1.15. The van der Waals surface area contributed by atoms with Crippen molar-refractivity contribution in [2.45, 2.75) is 19.1 Å². The maximum Gasteiger partial charge on any atom is 0.320 e. The lowest BCUT2D eigenvalue weighted by Gasteiger charge is -2.17. The first-order chi connectivity index (χ1) is 10.5. The molecular formula is C14H19ClN2O4S. The standard InChI is InChI=1S/C14H19ClN2O4S/c1-3-21-13(18)8-17-6-9(10(7-17)20-2)16-14(19)11-4-5-12(15)22-11/h4-5,9-10H,3,6-8H2,1-2H3,(H,16,19)/t9-,10-/m0/s1. The maximum absolute atomic E-state index is 12.2. The van der Waals surface area contributed by atoms with Crippen molar-refractivity contribution in [2.24, 2.45) is 0 Å². The molecule has 8 heteroatoms. The van der Waals surface area contributed by atoms with Gasteiger partial charge >= 0.3 is 5.97 Å². The maximum atomic E-state index is 12.2. The molecule has 122 valence electrons. The van der Waals surface area contributed by atoms with Gasteiger partial charge in [0.2, 0.25) is 0 Å². The van der Waals surface area contributed by atoms with Crippen LogP contribution >= 0.6 is 22.9 Å². The largest absolute Gasteiger partial charge is 0.465 e. The number of methoxy groups -OCH3 is 1. The number of amides is 1. The molecule has 0 radical (unpaired) electrons. The van der Waals surface area contributed by atoms with Crippen LogP contribution in [-0.4, -0.2) is 62.3 Å². The summed E-state index contributed by atoms with van der Waals surface area (Å²) in [4.78, 5) is 26.2. The molecule has 1 aliphatic heterocycles. The summed E-state index contributed by atoms with van der Waals surface area (Å²) in [5.74, 6) is -0.448. The zero-order valence-electron chi connectivity index (χ0n) is 12.5. The fourth-order valence-electron chi connectivity index (χ4n) is 2.42. The molecule has 2 rings (SSSR count). The topological polar surface area (TPSA) is 67.9 Å². The first-order valence-electron chi connectivity index (χ1n) is 7.00. The molecule has 2 atom stereocenters. The van der Waals surface area contributed by atoms with Gasteiger partial charge in [-0.1, -0.05) is 11.6 Å². The molecule has 0 aliphatic carbocycles. The van der Waals surface area contributed by atoms with Crippen molar-refractivity contribution in [3.63, 3.8) is 0 Å². The van der Waals surface area contributed by atoms with Gasteiger partial charge in [-0.3, -0.25) is 14.5 Å². The van der Waals surface area contributed by atoms with Crippen LogP contribution < -0.4 is 5.32 Å². The molecule has 1 N–H and O–H groups in total. The van der Waals surface area contributed by atoms with E-state index in [0.717, 1.165) is 0 Å². The molecule has 1 amide bonds. The lowest BCUT2D eigenvalue weighted by Crippen LogP contribution is -2.43. The van der Waals surface area contributed by atoms with Crippen LogP contribution in [0.1, 0.15) is 16.6 Å². The molecule has 2 heterocycles. The minimum absolute atomic E-state index is 0.159. The third kappa shape index (κ3) is 4.42. The van der Waals surface area contributed by atoms with Gasteiger partial charge in [0.15, 0.2) is 0 Å². The average molecular weight is 347 g/mol. The summed E-state index contributed by atoms with van der Waals surface area (Å²) >= 11 is 7.07. The molecule has 22 heavy (non-hydrogen) atoms. The van der Waals surface area contributed by atoms with Crippen LogP contribution in [-0.2, 0) is 14.3 Å². The number of carbonyl (C=O) groups excluding carboxylic acids is 2. The number of nitrogens with one attached hydrogen (secondary N) is 1. The molecule has 1 aromatic heterocycles. The van der Waals surface area contributed by atoms with E-state index in [-0.39, 0.29) is 30.6 Å². The lowest BCUT2D eigenvalue weighted by atomic mass is 10.2. The van der Waals surface area contributed by atoms with Gasteiger partial charge in [0.25, 0.3) is 5.91 Å². The first-order valence-corrected chi connectivity index (χ1v) is 8.20. The van der Waals surface area contributed by atoms with Gasteiger partial charge < -0.3 is 14.8 Å². The minimum atomic E-state index is -0.269. The van der Waals surface area contributed by atoms with E-state index in [1.165, 1.54) is 11.3 Å². The van der Waals surface area contributed by atoms with Gasteiger partial charge in [0.05, 0.1) is 34.5 Å². The molecule has 0 unspecified atom stereocenters. The fourth-order valence-corrected chi connectivity index (χ4v) is 3.37. The molecule has 1 aromatic rings. The summed E-state index contributed by atoms with van der Waals surface area (Å²) in [5, 5.41) is 2.94. The summed E-state index contributed by atoms with van der Waals surface area (Å²) in [6, 6.07) is 3.21. The van der Waals surface area contributed by atoms with E-state index in [4.69, 9.17) is 21.1 Å². The summed E-state index contributed by atoms with van der Waals surface area (Å²) in [5.41, 5.74) is 0. The number of esters is 1. The predicted molar refractivity (Wildman–Crippen MR) is 84.5 cm³/mol. The van der Waals surface area contributed by atoms with Crippen LogP contribution in [0.15, 0.2) is 12.1 Å². The third-order valence-corrected chi connectivity index (χ3v) is 4.65. The molecule has 0 bridgehead atoms. The second-order valence-corrected chi connectivity index (χ2v) is 6.67. The molecule has 6 nitrogen and oxygen atoms in total. The van der Waals surface area contributed by atoms with Crippen molar-refractivity contribution in [1.29, 1.82) is 0 Å². The second-order valence-electron chi connectivity index (χ2n) is 4.96. The van der Waals surface area contributed by atoms with Crippen LogP contribution in [0.3, 0.4) is 0 Å². The van der Waals surface area contributed by atoms with Crippen molar-refractivity contribution >= 4 is 34.8 Å². The number of nitrogens with zero attached hydrogens (tertiary/aromatic N) is 1. The average Bonchev–Trinajstić information content (AvgIpc) is 3.05. The SMILES string of the molecule is CCOC(=O)CN1C[C@H](NC(=O)c2ccc(Cl)s2)[C@@H](OC)C1. The predicted octanol–water partition coefficient (Wildman–Crippen LogP) is 1.39. The van der Waals surface area contributed by atoms with Gasteiger partial charge in [0, 0.05) is 20.2 Å². The van der Waals surface area contributed by atoms with E-state index in [1.54, 1.807) is 26.2 Å². The summed E-state index contributed by atoms with van der Waals surface area (Å²) < 4.78 is 10.9. The molecule has 1 saturated heterocycles. The number of likely N-dealkylation sites (tertiary alicyclic amines) is 1. The summed E-state index contributed by atoms with van der Waals surface area (Å²) in [7, 11) is 1.60. The Labute approximate surface area is 138 Å². The van der Waals surface area contributed by atoms with E-state index in [0.29, 0.717) is 28.9 Å². The number of hydrogen-bond acceptors (Lipinski definition) is 6. The first kappa shape index (κ1) is 17.2. The Kier molecular flexibility index (Phi) is 6.19. The number of hydrogen-bond donors (Lipinski definition) is 1. The van der Waals surface area contributed by atoms with Crippen LogP contribution in [0.5, 0.6) is 0 Å². The van der Waals surface area contributed by atoms with E-state index in [2.05, 4.69) is 5.32 Å². The van der Waals surface area contributed by atoms with E-state index < -0.39 is 0 Å². The number of carbonyl (C=O) groups is 2. The van der Waals surface area contributed by atoms with E-state index >= 15 is 0 Å². The Balaban J connectivity index is 1.92. The lowest BCUT2D eigenvalue weighted by molar-refractivity contribution is -0.144. The van der Waals surface area contributed by atoms with Crippen molar-refractivity contribution in [3.05, 3.63) is 21.3 Å². The highest BCUT2D eigenvalue weighted by molar-refractivity contribution is 7.17. The smallest absolute Gasteiger partial charge is 0.320 e. The van der Waals surface area contributed by atoms with E-state index in [9.17, 15) is 9.59 Å². The molecule has 1 fully saturated rings. The highest BCUT2D eigenvalue weighted by Gasteiger charge is 2.35. The van der Waals surface area contributed by atoms with Crippen LogP contribution in [0.4, 0.5) is 0 Å². The monoisotopic (exact) mass is 346 g/mol. The summed E-state index contributed by atoms with van der Waals surface area (Å²) in [6.07, 6.45) is -0.159. The van der Waals surface area contributed by atoms with Crippen LogP contribution in [0.25, 0.3) is 0 Å².